The Morgan fingerprint density at radius 3 is 2.45 bits per heavy atom. The highest BCUT2D eigenvalue weighted by Gasteiger charge is 2.52. The van der Waals surface area contributed by atoms with Crippen LogP contribution in [-0.4, -0.2) is 52.0 Å². The summed E-state index contributed by atoms with van der Waals surface area (Å²) >= 11 is 0. The van der Waals surface area contributed by atoms with Crippen LogP contribution < -0.4 is 5.32 Å². The number of aliphatic hydroxyl groups is 1. The van der Waals surface area contributed by atoms with Gasteiger partial charge in [-0.1, -0.05) is 36.8 Å². The van der Waals surface area contributed by atoms with E-state index in [-0.39, 0.29) is 42.3 Å². The maximum absolute atomic E-state index is 12.9. The van der Waals surface area contributed by atoms with E-state index < -0.39 is 0 Å². The minimum absolute atomic E-state index is 0.00109. The van der Waals surface area contributed by atoms with Crippen molar-refractivity contribution in [3.63, 3.8) is 0 Å². The number of aliphatic hydroxyl groups excluding tert-OH is 1. The lowest BCUT2D eigenvalue weighted by atomic mass is 9.72. The summed E-state index contributed by atoms with van der Waals surface area (Å²) in [6.45, 7) is 1.81. The third-order valence-corrected chi connectivity index (χ3v) is 6.29. The van der Waals surface area contributed by atoms with Crippen LogP contribution in [0.5, 0.6) is 0 Å². The highest BCUT2D eigenvalue weighted by atomic mass is 16.3. The maximum atomic E-state index is 12.9. The van der Waals surface area contributed by atoms with Crippen molar-refractivity contribution in [3.05, 3.63) is 54.4 Å². The van der Waals surface area contributed by atoms with Crippen molar-refractivity contribution in [2.45, 2.75) is 44.2 Å². The summed E-state index contributed by atoms with van der Waals surface area (Å²) in [6, 6.07) is 11.8. The van der Waals surface area contributed by atoms with Crippen molar-refractivity contribution in [2.75, 3.05) is 13.2 Å². The Bertz CT molecular complexity index is 865. The topological polar surface area (TPSA) is 82.5 Å². The molecule has 1 saturated heterocycles. The average Bonchev–Trinajstić information content (AvgIpc) is 2.67. The third-order valence-electron chi connectivity index (χ3n) is 6.29. The Morgan fingerprint density at radius 1 is 1.14 bits per heavy atom. The number of nitrogens with one attached hydrogen (secondary N) is 1. The largest absolute Gasteiger partial charge is 0.394 e. The van der Waals surface area contributed by atoms with Crippen molar-refractivity contribution in [3.8, 4) is 11.1 Å². The number of nitrogens with zero attached hydrogens (tertiary/aromatic N) is 2. The van der Waals surface area contributed by atoms with Crippen molar-refractivity contribution in [1.82, 2.24) is 15.2 Å². The first-order valence-corrected chi connectivity index (χ1v) is 10.3. The molecule has 1 aliphatic heterocycles. The molecule has 0 spiro atoms. The Labute approximate surface area is 171 Å². The molecule has 0 bridgehead atoms. The Hall–Kier alpha value is -2.73. The molecule has 2 heterocycles. The molecule has 29 heavy (non-hydrogen) atoms. The van der Waals surface area contributed by atoms with Gasteiger partial charge < -0.3 is 15.3 Å². The van der Waals surface area contributed by atoms with E-state index in [1.54, 1.807) is 6.20 Å². The molecule has 0 radical (unpaired) electrons. The molecule has 3 atom stereocenters. The van der Waals surface area contributed by atoms with Crippen molar-refractivity contribution < 1.29 is 14.7 Å². The zero-order chi connectivity index (χ0) is 20.4. The second-order valence-corrected chi connectivity index (χ2v) is 8.02. The molecule has 1 aromatic carbocycles. The fraction of sp³-hybridized carbons (Fsp3) is 0.435. The molecular weight excluding hydrogens is 366 g/mol. The first-order chi connectivity index (χ1) is 14.1. The molecule has 2 aromatic rings. The summed E-state index contributed by atoms with van der Waals surface area (Å²) in [7, 11) is 0. The first kappa shape index (κ1) is 19.6. The second-order valence-electron chi connectivity index (χ2n) is 8.02. The van der Waals surface area contributed by atoms with Crippen LogP contribution in [0, 0.1) is 5.92 Å². The van der Waals surface area contributed by atoms with Crippen LogP contribution in [0.1, 0.15) is 37.7 Å². The minimum Gasteiger partial charge on any atom is -0.394 e. The van der Waals surface area contributed by atoms with E-state index in [0.29, 0.717) is 6.54 Å². The summed E-state index contributed by atoms with van der Waals surface area (Å²) < 4.78 is 0. The lowest BCUT2D eigenvalue weighted by Gasteiger charge is -2.56. The smallest absolute Gasteiger partial charge is 0.226 e. The molecule has 0 unspecified atom stereocenters. The summed E-state index contributed by atoms with van der Waals surface area (Å²) in [5, 5.41) is 12.9. The van der Waals surface area contributed by atoms with Gasteiger partial charge in [-0.2, -0.15) is 0 Å². The third kappa shape index (κ3) is 3.77. The van der Waals surface area contributed by atoms with E-state index in [0.717, 1.165) is 36.0 Å². The van der Waals surface area contributed by atoms with E-state index in [4.69, 9.17) is 0 Å². The molecule has 2 aliphatic rings. The van der Waals surface area contributed by atoms with Gasteiger partial charge in [0.05, 0.1) is 18.7 Å². The molecule has 1 saturated carbocycles. The molecule has 6 heteroatoms. The van der Waals surface area contributed by atoms with Gasteiger partial charge in [-0.25, -0.2) is 0 Å². The molecule has 4 rings (SSSR count). The highest BCUT2D eigenvalue weighted by Crippen LogP contribution is 2.43. The molecule has 6 nitrogen and oxygen atoms in total. The lowest BCUT2D eigenvalue weighted by molar-refractivity contribution is -0.158. The van der Waals surface area contributed by atoms with Gasteiger partial charge in [-0.05, 0) is 35.6 Å². The number of hydrogen-bond donors (Lipinski definition) is 2. The van der Waals surface area contributed by atoms with Crippen LogP contribution >= 0.6 is 0 Å². The van der Waals surface area contributed by atoms with Gasteiger partial charge in [0.2, 0.25) is 11.8 Å². The predicted octanol–water partition coefficient (Wildman–Crippen LogP) is 2.34. The fourth-order valence-corrected chi connectivity index (χ4v) is 4.49. The molecule has 2 fully saturated rings. The maximum Gasteiger partial charge on any atom is 0.226 e. The van der Waals surface area contributed by atoms with E-state index in [2.05, 4.69) is 22.4 Å². The van der Waals surface area contributed by atoms with Crippen LogP contribution in [0.4, 0.5) is 0 Å². The van der Waals surface area contributed by atoms with Crippen LogP contribution in [0.3, 0.4) is 0 Å². The van der Waals surface area contributed by atoms with Gasteiger partial charge >= 0.3 is 0 Å². The van der Waals surface area contributed by atoms with Gasteiger partial charge in [0.25, 0.3) is 0 Å². The fourth-order valence-electron chi connectivity index (χ4n) is 4.49. The predicted molar refractivity (Wildman–Crippen MR) is 110 cm³/mol. The first-order valence-electron chi connectivity index (χ1n) is 10.3. The normalized spacial score (nSPS) is 23.8. The van der Waals surface area contributed by atoms with Gasteiger partial charge in [-0.15, -0.1) is 0 Å². The molecule has 1 aliphatic carbocycles. The summed E-state index contributed by atoms with van der Waals surface area (Å²) in [5.74, 6) is 0.0738. The van der Waals surface area contributed by atoms with E-state index >= 15 is 0 Å². The SMILES string of the molecule is CC(=O)NC[C@H]1[C@H](c2ccc(-c3cccnc3)cc2)[C@@H](CO)N1C(=O)C1CCC1. The van der Waals surface area contributed by atoms with E-state index in [1.165, 1.54) is 6.92 Å². The zero-order valence-corrected chi connectivity index (χ0v) is 16.6. The molecule has 2 amide bonds. The number of likely N-dealkylation sites (tertiary alicyclic amines) is 1. The highest BCUT2D eigenvalue weighted by molar-refractivity contribution is 5.82. The van der Waals surface area contributed by atoms with Crippen molar-refractivity contribution in [2.24, 2.45) is 5.92 Å². The number of carbonyl (C=O) groups is 2. The lowest BCUT2D eigenvalue weighted by Crippen LogP contribution is -2.69. The van der Waals surface area contributed by atoms with E-state index in [9.17, 15) is 14.7 Å². The average molecular weight is 393 g/mol. The molecule has 152 valence electrons. The number of carbonyl (C=O) groups excluding carboxylic acids is 2. The number of rotatable bonds is 6. The zero-order valence-electron chi connectivity index (χ0n) is 16.6. The standard InChI is InChI=1S/C23H27N3O3/c1-15(28)25-13-20-22(21(14-27)26(20)23(29)18-4-2-5-18)17-9-7-16(8-10-17)19-6-3-11-24-12-19/h3,6-12,18,20-22,27H,2,4-5,13-14H2,1H3,(H,25,28)/t20-,21+,22-/m0/s1. The molecular formula is C23H27N3O3. The van der Waals surface area contributed by atoms with Crippen LogP contribution in [0.25, 0.3) is 11.1 Å². The summed E-state index contributed by atoms with van der Waals surface area (Å²) in [4.78, 5) is 30.4. The Morgan fingerprint density at radius 2 is 1.90 bits per heavy atom. The number of benzene rings is 1. The number of hydrogen-bond acceptors (Lipinski definition) is 4. The minimum atomic E-state index is -0.244. The number of pyridine rings is 1. The number of aromatic nitrogens is 1. The van der Waals surface area contributed by atoms with Gasteiger partial charge in [0, 0.05) is 37.7 Å². The quantitative estimate of drug-likeness (QED) is 0.789. The van der Waals surface area contributed by atoms with Crippen molar-refractivity contribution >= 4 is 11.8 Å². The summed E-state index contributed by atoms with van der Waals surface area (Å²) in [6.07, 6.45) is 6.51. The van der Waals surface area contributed by atoms with Crippen LogP contribution in [-0.2, 0) is 9.59 Å². The number of amides is 2. The van der Waals surface area contributed by atoms with Crippen LogP contribution in [0.2, 0.25) is 0 Å². The van der Waals surface area contributed by atoms with Gasteiger partial charge in [0.1, 0.15) is 0 Å². The van der Waals surface area contributed by atoms with Crippen LogP contribution in [0.15, 0.2) is 48.8 Å². The molecule has 2 N–H and O–H groups in total. The van der Waals surface area contributed by atoms with Gasteiger partial charge in [0.15, 0.2) is 0 Å². The Kier molecular flexibility index (Phi) is 5.62. The monoisotopic (exact) mass is 393 g/mol. The molecule has 1 aromatic heterocycles. The second kappa shape index (κ2) is 8.33. The van der Waals surface area contributed by atoms with Crippen molar-refractivity contribution in [1.29, 1.82) is 0 Å². The summed E-state index contributed by atoms with van der Waals surface area (Å²) in [5.41, 5.74) is 3.19. The Balaban J connectivity index is 1.57. The van der Waals surface area contributed by atoms with E-state index in [1.807, 2.05) is 35.4 Å². The van der Waals surface area contributed by atoms with Gasteiger partial charge in [-0.3, -0.25) is 14.6 Å².